The van der Waals surface area contributed by atoms with Crippen LogP contribution in [-0.4, -0.2) is 44.3 Å². The molecule has 4 rings (SSSR count). The zero-order valence-corrected chi connectivity index (χ0v) is 27.4. The van der Waals surface area contributed by atoms with Gasteiger partial charge in [-0.25, -0.2) is 8.42 Å². The van der Waals surface area contributed by atoms with Crippen LogP contribution in [0.25, 0.3) is 0 Å². The number of hydrogen-bond donors (Lipinski definition) is 1. The van der Waals surface area contributed by atoms with Crippen LogP contribution in [0.1, 0.15) is 48.1 Å². The number of rotatable bonds is 14. The lowest BCUT2D eigenvalue weighted by Gasteiger charge is -2.34. The van der Waals surface area contributed by atoms with E-state index < -0.39 is 28.5 Å². The lowest BCUT2D eigenvalue weighted by molar-refractivity contribution is -0.140. The fraction of sp³-hybridized carbons (Fsp3) is 0.297. The smallest absolute Gasteiger partial charge is 0.264 e. The zero-order chi connectivity index (χ0) is 32.4. The second kappa shape index (κ2) is 15.5. The number of sulfonamides is 1. The number of anilines is 1. The summed E-state index contributed by atoms with van der Waals surface area (Å²) in [6.07, 6.45) is 1.60. The Morgan fingerprint density at radius 2 is 1.40 bits per heavy atom. The highest BCUT2D eigenvalue weighted by atomic mass is 32.2. The Balaban J connectivity index is 1.83. The topological polar surface area (TPSA) is 86.8 Å². The molecular formula is C37H43N3O4S. The molecule has 0 aromatic heterocycles. The van der Waals surface area contributed by atoms with Crippen LogP contribution < -0.4 is 9.62 Å². The van der Waals surface area contributed by atoms with Crippen LogP contribution in [0.3, 0.4) is 0 Å². The Bertz CT molecular complexity index is 1690. The van der Waals surface area contributed by atoms with Gasteiger partial charge in [0.25, 0.3) is 10.0 Å². The van der Waals surface area contributed by atoms with Crippen LogP contribution in [0.15, 0.2) is 108 Å². The number of nitrogens with zero attached hydrogens (tertiary/aromatic N) is 2. The van der Waals surface area contributed by atoms with Crippen LogP contribution >= 0.6 is 0 Å². The standard InChI is InChI=1S/C37H43N3O4S/c1-5-24-38-37(42)35(25-30-15-8-7-9-16-30)39(26-32-18-11-10-14-29(32)4)36(41)27-40(34-19-13-12-17-31(34)6-2)45(43,44)33-22-20-28(3)21-23-33/h7-23,35H,5-6,24-27H2,1-4H3,(H,38,42)/t35-/m0/s1. The molecule has 0 spiro atoms. The number of carbonyl (C=O) groups excluding carboxylic acids is 2. The minimum Gasteiger partial charge on any atom is -0.354 e. The first-order chi connectivity index (χ1) is 21.6. The number of nitrogens with one attached hydrogen (secondary N) is 1. The van der Waals surface area contributed by atoms with Crippen molar-refractivity contribution in [1.82, 2.24) is 10.2 Å². The van der Waals surface area contributed by atoms with E-state index in [9.17, 15) is 18.0 Å². The van der Waals surface area contributed by atoms with Crippen molar-refractivity contribution < 1.29 is 18.0 Å². The number of aryl methyl sites for hydroxylation is 3. The van der Waals surface area contributed by atoms with Crippen molar-refractivity contribution in [2.75, 3.05) is 17.4 Å². The minimum atomic E-state index is -4.15. The summed E-state index contributed by atoms with van der Waals surface area (Å²) in [6, 6.07) is 30.3. The largest absolute Gasteiger partial charge is 0.354 e. The summed E-state index contributed by atoms with van der Waals surface area (Å²) < 4.78 is 29.8. The molecule has 0 bridgehead atoms. The maximum atomic E-state index is 14.6. The molecule has 4 aromatic rings. The lowest BCUT2D eigenvalue weighted by Crippen LogP contribution is -2.53. The van der Waals surface area contributed by atoms with Crippen molar-refractivity contribution in [3.63, 3.8) is 0 Å². The number of carbonyl (C=O) groups is 2. The molecule has 0 saturated carbocycles. The van der Waals surface area contributed by atoms with E-state index in [0.717, 1.165) is 34.2 Å². The molecule has 0 fully saturated rings. The maximum absolute atomic E-state index is 14.6. The molecule has 0 aliphatic carbocycles. The Hall–Kier alpha value is -4.43. The summed E-state index contributed by atoms with van der Waals surface area (Å²) in [5.74, 6) is -0.739. The summed E-state index contributed by atoms with van der Waals surface area (Å²) in [5, 5.41) is 2.99. The molecule has 4 aromatic carbocycles. The van der Waals surface area contributed by atoms with Gasteiger partial charge >= 0.3 is 0 Å². The third-order valence-electron chi connectivity index (χ3n) is 7.95. The van der Waals surface area contributed by atoms with Gasteiger partial charge in [0, 0.05) is 19.5 Å². The Morgan fingerprint density at radius 3 is 2.04 bits per heavy atom. The van der Waals surface area contributed by atoms with E-state index >= 15 is 0 Å². The first kappa shape index (κ1) is 33.5. The Labute approximate surface area is 268 Å². The molecule has 0 radical (unpaired) electrons. The van der Waals surface area contributed by atoms with E-state index in [1.54, 1.807) is 41.3 Å². The predicted octanol–water partition coefficient (Wildman–Crippen LogP) is 6.23. The number of para-hydroxylation sites is 1. The molecule has 0 saturated heterocycles. The molecule has 236 valence electrons. The highest BCUT2D eigenvalue weighted by molar-refractivity contribution is 7.92. The molecule has 1 atom stereocenters. The minimum absolute atomic E-state index is 0.0961. The quantitative estimate of drug-likeness (QED) is 0.180. The van der Waals surface area contributed by atoms with E-state index in [4.69, 9.17) is 0 Å². The molecular weight excluding hydrogens is 582 g/mol. The van der Waals surface area contributed by atoms with E-state index in [-0.39, 0.29) is 23.8 Å². The van der Waals surface area contributed by atoms with Crippen molar-refractivity contribution in [3.05, 3.63) is 131 Å². The molecule has 0 heterocycles. The van der Waals surface area contributed by atoms with Gasteiger partial charge in [-0.3, -0.25) is 13.9 Å². The molecule has 1 N–H and O–H groups in total. The van der Waals surface area contributed by atoms with Gasteiger partial charge in [-0.15, -0.1) is 0 Å². The number of benzene rings is 4. The van der Waals surface area contributed by atoms with Crippen molar-refractivity contribution in [3.8, 4) is 0 Å². The highest BCUT2D eigenvalue weighted by Crippen LogP contribution is 2.29. The van der Waals surface area contributed by atoms with Crippen molar-refractivity contribution >= 4 is 27.5 Å². The molecule has 0 aliphatic rings. The average molecular weight is 626 g/mol. The third kappa shape index (κ3) is 8.39. The van der Waals surface area contributed by atoms with E-state index in [2.05, 4.69) is 5.32 Å². The van der Waals surface area contributed by atoms with E-state index in [0.29, 0.717) is 18.7 Å². The molecule has 0 unspecified atom stereocenters. The van der Waals surface area contributed by atoms with Crippen LogP contribution in [0, 0.1) is 13.8 Å². The fourth-order valence-corrected chi connectivity index (χ4v) is 6.75. The van der Waals surface area contributed by atoms with Gasteiger partial charge in [-0.2, -0.15) is 0 Å². The molecule has 7 nitrogen and oxygen atoms in total. The predicted molar refractivity (Wildman–Crippen MR) is 180 cm³/mol. The zero-order valence-electron chi connectivity index (χ0n) is 26.6. The highest BCUT2D eigenvalue weighted by Gasteiger charge is 2.35. The summed E-state index contributed by atoms with van der Waals surface area (Å²) in [4.78, 5) is 30.1. The van der Waals surface area contributed by atoms with Gasteiger partial charge in [0.1, 0.15) is 12.6 Å². The normalized spacial score (nSPS) is 11.9. The van der Waals surface area contributed by atoms with Crippen molar-refractivity contribution in [1.29, 1.82) is 0 Å². The van der Waals surface area contributed by atoms with E-state index in [1.165, 1.54) is 4.31 Å². The first-order valence-electron chi connectivity index (χ1n) is 15.5. The van der Waals surface area contributed by atoms with Gasteiger partial charge in [-0.1, -0.05) is 104 Å². The SMILES string of the molecule is CCCNC(=O)[C@H](Cc1ccccc1)N(Cc1ccccc1C)C(=O)CN(c1ccccc1CC)S(=O)(=O)c1ccc(C)cc1. The second-order valence-corrected chi connectivity index (χ2v) is 13.1. The second-order valence-electron chi connectivity index (χ2n) is 11.3. The molecule has 2 amide bonds. The van der Waals surface area contributed by atoms with Crippen molar-refractivity contribution in [2.45, 2.75) is 64.4 Å². The molecule has 8 heteroatoms. The summed E-state index contributed by atoms with van der Waals surface area (Å²) in [7, 11) is -4.15. The third-order valence-corrected chi connectivity index (χ3v) is 9.73. The van der Waals surface area contributed by atoms with Gasteiger partial charge in [0.15, 0.2) is 0 Å². The average Bonchev–Trinajstić information content (AvgIpc) is 3.05. The lowest BCUT2D eigenvalue weighted by atomic mass is 10.0. The van der Waals surface area contributed by atoms with Crippen LogP contribution in [-0.2, 0) is 39.0 Å². The Kier molecular flexibility index (Phi) is 11.5. The maximum Gasteiger partial charge on any atom is 0.264 e. The summed E-state index contributed by atoms with van der Waals surface area (Å²) >= 11 is 0. The summed E-state index contributed by atoms with van der Waals surface area (Å²) in [6.45, 7) is 7.94. The number of hydrogen-bond acceptors (Lipinski definition) is 4. The first-order valence-corrected chi connectivity index (χ1v) is 16.9. The van der Waals surface area contributed by atoms with Crippen LogP contribution in [0.5, 0.6) is 0 Å². The van der Waals surface area contributed by atoms with Crippen molar-refractivity contribution in [2.24, 2.45) is 0 Å². The molecule has 45 heavy (non-hydrogen) atoms. The summed E-state index contributed by atoms with van der Waals surface area (Å²) in [5.41, 5.74) is 4.93. The van der Waals surface area contributed by atoms with E-state index in [1.807, 2.05) is 94.4 Å². The Morgan fingerprint density at radius 1 is 0.778 bits per heavy atom. The fourth-order valence-electron chi connectivity index (χ4n) is 5.29. The molecule has 0 aliphatic heterocycles. The monoisotopic (exact) mass is 625 g/mol. The van der Waals surface area contributed by atoms with Gasteiger partial charge in [0.2, 0.25) is 11.8 Å². The number of amides is 2. The van der Waals surface area contributed by atoms with Crippen LogP contribution in [0.4, 0.5) is 5.69 Å². The van der Waals surface area contributed by atoms with Gasteiger partial charge in [-0.05, 0) is 67.1 Å². The van der Waals surface area contributed by atoms with Crippen LogP contribution in [0.2, 0.25) is 0 Å². The van der Waals surface area contributed by atoms with Gasteiger partial charge < -0.3 is 10.2 Å². The van der Waals surface area contributed by atoms with Gasteiger partial charge in [0.05, 0.1) is 10.6 Å².